The van der Waals surface area contributed by atoms with Crippen LogP contribution in [-0.2, 0) is 83.6 Å². The van der Waals surface area contributed by atoms with Gasteiger partial charge in [-0.05, 0) is 0 Å². The Kier molecular flexibility index (Phi) is 19.8. The molecular formula is C33H65N6O6P3W3. The molecular weight excluding hydrogens is 1220 g/mol. The van der Waals surface area contributed by atoms with Crippen molar-refractivity contribution in [3.8, 4) is 12.1 Å². The summed E-state index contributed by atoms with van der Waals surface area (Å²) < 4.78 is 38.4. The van der Waals surface area contributed by atoms with Gasteiger partial charge in [-0.25, -0.2) is 0 Å². The second-order valence-corrected chi connectivity index (χ2v) is 38.6. The van der Waals surface area contributed by atoms with Crippen LogP contribution < -0.4 is 10.9 Å². The first-order valence-corrected chi connectivity index (χ1v) is 33.1. The Balaban J connectivity index is 0.000000748. The predicted molar refractivity (Wildman–Crippen MR) is 201 cm³/mol. The number of H-pyrrole nitrogens is 1. The third kappa shape index (κ3) is 23.6. The van der Waals surface area contributed by atoms with Gasteiger partial charge < -0.3 is 0 Å². The standard InChI is InChI=1S/C13H26N3O2P.C10H20N3O2P.C10H19O2P.3W/c1-10(2)16-9-11(14-15-16)19(17-12(3,4)5)18-13(6,7)8;1-9(2,3)14-16(15-10(4,5)6)8-7-11-13-12-8;1-8-13(11-9(2,3)4)12-10(5,6)7;;;/h9-10H,1-8H3;7H,1-6H3,(H,11,12,13);1H,2-7H3;;;. The molecule has 2 aromatic rings. The first-order chi connectivity index (χ1) is 22.3. The van der Waals surface area contributed by atoms with E-state index in [1.807, 2.05) is 136 Å². The number of hydrogen-bond donors (Lipinski definition) is 1. The topological polar surface area (TPSA) is 128 Å². The molecule has 296 valence electrons. The van der Waals surface area contributed by atoms with E-state index in [9.17, 15) is 0 Å². The first kappa shape index (κ1) is 52.0. The van der Waals surface area contributed by atoms with Gasteiger partial charge in [0.2, 0.25) is 0 Å². The normalized spacial score (nSPS) is 14.0. The summed E-state index contributed by atoms with van der Waals surface area (Å²) in [5.74, 6) is 0. The van der Waals surface area contributed by atoms with Crippen molar-refractivity contribution in [3.05, 3.63) is 12.4 Å². The molecule has 0 unspecified atom stereocenters. The van der Waals surface area contributed by atoms with Crippen LogP contribution in [0, 0.1) is 12.1 Å². The van der Waals surface area contributed by atoms with Gasteiger partial charge in [-0.2, -0.15) is 0 Å². The van der Waals surface area contributed by atoms with Crippen LogP contribution in [-0.4, -0.2) is 64.0 Å². The summed E-state index contributed by atoms with van der Waals surface area (Å²) in [6.07, 6.45) is 9.15. The van der Waals surface area contributed by atoms with Crippen molar-refractivity contribution in [3.63, 3.8) is 0 Å². The van der Waals surface area contributed by atoms with Crippen LogP contribution in [0.5, 0.6) is 0 Å². The van der Waals surface area contributed by atoms with E-state index in [0.717, 1.165) is 10.9 Å². The predicted octanol–water partition coefficient (Wildman–Crippen LogP) is 9.31. The molecule has 0 radical (unpaired) electrons. The fraction of sp³-hybridized carbons (Fsp3) is 0.818. The van der Waals surface area contributed by atoms with Crippen molar-refractivity contribution in [2.75, 3.05) is 0 Å². The molecule has 12 nitrogen and oxygen atoms in total. The number of aromatic amines is 1. The zero-order valence-electron chi connectivity index (χ0n) is 34.6. The molecule has 0 atom stereocenters. The van der Waals surface area contributed by atoms with Gasteiger partial charge in [0.1, 0.15) is 0 Å². The van der Waals surface area contributed by atoms with E-state index >= 15 is 0 Å². The maximum absolute atomic E-state index is 6.29. The monoisotopic (exact) mass is 1290 g/mol. The van der Waals surface area contributed by atoms with Gasteiger partial charge in [0.05, 0.1) is 0 Å². The van der Waals surface area contributed by atoms with E-state index in [4.69, 9.17) is 33.6 Å². The summed E-state index contributed by atoms with van der Waals surface area (Å²) in [7, 11) is 0. The summed E-state index contributed by atoms with van der Waals surface area (Å²) in [5.41, 5.74) is 2.76. The third-order valence-corrected chi connectivity index (χ3v) is 21.1. The molecule has 2 aromatic heterocycles. The molecule has 0 saturated heterocycles. The molecule has 0 saturated carbocycles. The second kappa shape index (κ2) is 19.4. The molecule has 18 heteroatoms. The number of rotatable bonds is 9. The number of hydrogen-bond acceptors (Lipinski definition) is 10. The summed E-state index contributed by atoms with van der Waals surface area (Å²) in [6.45, 7) is 40.5. The van der Waals surface area contributed by atoms with Crippen LogP contribution in [0.3, 0.4) is 0 Å². The Hall–Kier alpha value is 0.955. The summed E-state index contributed by atoms with van der Waals surface area (Å²) in [6, 6.07) is 0.281. The van der Waals surface area contributed by atoms with Gasteiger partial charge in [-0.1, -0.05) is 0 Å². The van der Waals surface area contributed by atoms with Crippen molar-refractivity contribution < 1.29 is 83.6 Å². The van der Waals surface area contributed by atoms with Crippen LogP contribution in [0.4, 0.5) is 0 Å². The Morgan fingerprint density at radius 3 is 1.20 bits per heavy atom. The minimum atomic E-state index is -2.19. The van der Waals surface area contributed by atoms with E-state index in [2.05, 4.69) is 45.2 Å². The Bertz CT molecular complexity index is 1490. The molecule has 1 N–H and O–H groups in total. The number of nitrogens with one attached hydrogen (secondary N) is 1. The molecule has 0 amide bonds. The average molecular weight is 1290 g/mol. The first-order valence-electron chi connectivity index (χ1n) is 16.6. The average Bonchev–Trinajstić information content (AvgIpc) is 3.51. The van der Waals surface area contributed by atoms with Crippen LogP contribution in [0.15, 0.2) is 12.4 Å². The SMILES string of the molecule is C#C[P](=[W])(OC(C)(C)C)OC(C)(C)C.CC(C)(C)O[P](=[W])(OC(C)(C)C)c1cn[nH]n1.CC(C)n1cc([P](=[W])(OC(C)(C)C)OC(C)(C)C)nn1. The van der Waals surface area contributed by atoms with Gasteiger partial charge in [0.25, 0.3) is 0 Å². The molecule has 2 rings (SSSR count). The zero-order chi connectivity index (χ0) is 40.7. The van der Waals surface area contributed by atoms with Gasteiger partial charge >= 0.3 is 343 Å². The van der Waals surface area contributed by atoms with Crippen molar-refractivity contribution in [1.29, 1.82) is 0 Å². The second-order valence-electron chi connectivity index (χ2n) is 17.8. The van der Waals surface area contributed by atoms with E-state index in [-0.39, 0.29) is 39.6 Å². The molecule has 0 fully saturated rings. The number of aromatic nitrogens is 6. The number of nitrogens with zero attached hydrogens (tertiary/aromatic N) is 5. The molecule has 0 aliphatic heterocycles. The fourth-order valence-corrected chi connectivity index (χ4v) is 25.4. The Morgan fingerprint density at radius 1 is 0.627 bits per heavy atom. The third-order valence-electron chi connectivity index (χ3n) is 4.51. The van der Waals surface area contributed by atoms with Crippen LogP contribution in [0.1, 0.15) is 145 Å². The summed E-state index contributed by atoms with van der Waals surface area (Å²) in [5, 5.41) is 12.7. The molecule has 0 aromatic carbocycles. The van der Waals surface area contributed by atoms with Crippen molar-refractivity contribution >= 4 is 26.9 Å². The van der Waals surface area contributed by atoms with E-state index in [1.54, 1.807) is 6.20 Å². The van der Waals surface area contributed by atoms with Gasteiger partial charge in [-0.15, -0.1) is 0 Å². The molecule has 0 aliphatic rings. The zero-order valence-corrected chi connectivity index (χ0v) is 46.0. The van der Waals surface area contributed by atoms with Crippen molar-refractivity contribution in [2.24, 2.45) is 0 Å². The quantitative estimate of drug-likeness (QED) is 0.192. The fourth-order valence-electron chi connectivity index (χ4n) is 3.43. The van der Waals surface area contributed by atoms with Gasteiger partial charge in [-0.3, -0.25) is 0 Å². The molecule has 0 aliphatic carbocycles. The Labute approximate surface area is 340 Å². The maximum atomic E-state index is 6.29. The van der Waals surface area contributed by atoms with Crippen molar-refractivity contribution in [1.82, 2.24) is 30.4 Å². The summed E-state index contributed by atoms with van der Waals surface area (Å²) in [4.78, 5) is 0. The minimum absolute atomic E-state index is 0.243. The van der Waals surface area contributed by atoms with Crippen LogP contribution in [0.2, 0.25) is 0 Å². The van der Waals surface area contributed by atoms with Crippen molar-refractivity contribution in [2.45, 2.75) is 178 Å². The molecule has 0 spiro atoms. The van der Waals surface area contributed by atoms with Crippen LogP contribution in [0.25, 0.3) is 0 Å². The van der Waals surface area contributed by atoms with E-state index < -0.39 is 16.1 Å². The Morgan fingerprint density at radius 2 is 0.961 bits per heavy atom. The van der Waals surface area contributed by atoms with Gasteiger partial charge in [0, 0.05) is 0 Å². The molecule has 0 bridgehead atoms. The molecule has 2 heterocycles. The van der Waals surface area contributed by atoms with Crippen LogP contribution >= 0.6 is 16.1 Å². The summed E-state index contributed by atoms with van der Waals surface area (Å²) >= 11 is 3.74. The number of terminal acetylenes is 1. The van der Waals surface area contributed by atoms with E-state index in [1.165, 1.54) is 56.4 Å². The molecule has 51 heavy (non-hydrogen) atoms. The van der Waals surface area contributed by atoms with Gasteiger partial charge in [0.15, 0.2) is 0 Å². The van der Waals surface area contributed by atoms with E-state index in [0.29, 0.717) is 0 Å².